The van der Waals surface area contributed by atoms with Crippen LogP contribution in [0.2, 0.25) is 0 Å². The van der Waals surface area contributed by atoms with Crippen LogP contribution in [0, 0.1) is 12.8 Å². The normalized spacial score (nSPS) is 13.4. The summed E-state index contributed by atoms with van der Waals surface area (Å²) in [5, 5.41) is 3.21. The minimum Gasteiger partial charge on any atom is -0.313 e. The van der Waals surface area contributed by atoms with Crippen LogP contribution in [-0.4, -0.2) is 21.5 Å². The quantitative estimate of drug-likeness (QED) is 0.732. The highest BCUT2D eigenvalue weighted by Crippen LogP contribution is 2.26. The largest absolute Gasteiger partial charge is 0.313 e. The van der Waals surface area contributed by atoms with Gasteiger partial charge >= 0.3 is 0 Å². The van der Waals surface area contributed by atoms with Gasteiger partial charge < -0.3 is 5.32 Å². The number of halogens is 1. The third kappa shape index (κ3) is 5.36. The molecule has 4 nitrogen and oxygen atoms in total. The van der Waals surface area contributed by atoms with E-state index in [1.54, 1.807) is 6.07 Å². The Kier molecular flexibility index (Phi) is 7.33. The van der Waals surface area contributed by atoms with E-state index in [0.29, 0.717) is 23.9 Å². The number of hydrogen-bond donors (Lipinski definition) is 2. The van der Waals surface area contributed by atoms with E-state index in [0.717, 1.165) is 28.6 Å². The van der Waals surface area contributed by atoms with Gasteiger partial charge in [-0.3, -0.25) is 0 Å². The summed E-state index contributed by atoms with van der Waals surface area (Å²) in [7, 11) is -3.47. The Labute approximate surface area is 136 Å². The molecule has 0 aromatic heterocycles. The van der Waals surface area contributed by atoms with Crippen LogP contribution in [0.1, 0.15) is 38.3 Å². The molecular formula is C15H25BrN2O2S. The summed E-state index contributed by atoms with van der Waals surface area (Å²) >= 11 is 3.46. The molecule has 0 heterocycles. The molecule has 2 N–H and O–H groups in total. The second-order valence-corrected chi connectivity index (χ2v) is 7.94. The number of benzene rings is 1. The minimum absolute atomic E-state index is 0.327. The number of nitrogens with one attached hydrogen (secondary N) is 2. The van der Waals surface area contributed by atoms with Crippen molar-refractivity contribution in [3.63, 3.8) is 0 Å². The molecule has 0 aliphatic rings. The Hall–Kier alpha value is -0.430. The summed E-state index contributed by atoms with van der Waals surface area (Å²) in [6, 6.07) is 3.72. The van der Waals surface area contributed by atoms with Crippen molar-refractivity contribution >= 4 is 26.0 Å². The minimum atomic E-state index is -3.47. The Morgan fingerprint density at radius 2 is 1.95 bits per heavy atom. The molecule has 6 heteroatoms. The van der Waals surface area contributed by atoms with Crippen molar-refractivity contribution in [2.75, 3.05) is 13.1 Å². The molecule has 0 aliphatic carbocycles. The average molecular weight is 377 g/mol. The first-order chi connectivity index (χ1) is 9.81. The topological polar surface area (TPSA) is 58.2 Å². The molecule has 0 radical (unpaired) electrons. The van der Waals surface area contributed by atoms with Crippen LogP contribution in [0.15, 0.2) is 21.5 Å². The van der Waals surface area contributed by atoms with Gasteiger partial charge in [0.25, 0.3) is 0 Å². The fourth-order valence-electron chi connectivity index (χ4n) is 1.83. The summed E-state index contributed by atoms with van der Waals surface area (Å²) in [5.41, 5.74) is 1.70. The van der Waals surface area contributed by atoms with Gasteiger partial charge in [-0.05, 0) is 42.6 Å². The van der Waals surface area contributed by atoms with E-state index in [1.807, 2.05) is 26.8 Å². The van der Waals surface area contributed by atoms with Crippen molar-refractivity contribution in [1.82, 2.24) is 10.0 Å². The first-order valence-corrected chi connectivity index (χ1v) is 9.58. The maximum Gasteiger partial charge on any atom is 0.240 e. The number of hydrogen-bond acceptors (Lipinski definition) is 3. The predicted molar refractivity (Wildman–Crippen MR) is 90.9 cm³/mol. The van der Waals surface area contributed by atoms with Gasteiger partial charge in [-0.1, -0.05) is 43.1 Å². The molecule has 1 atom stereocenters. The summed E-state index contributed by atoms with van der Waals surface area (Å²) in [6.45, 7) is 9.90. The van der Waals surface area contributed by atoms with Gasteiger partial charge in [0.1, 0.15) is 0 Å². The van der Waals surface area contributed by atoms with E-state index < -0.39 is 10.0 Å². The smallest absolute Gasteiger partial charge is 0.240 e. The van der Waals surface area contributed by atoms with Gasteiger partial charge in [0.15, 0.2) is 0 Å². The van der Waals surface area contributed by atoms with Crippen molar-refractivity contribution in [1.29, 1.82) is 0 Å². The van der Waals surface area contributed by atoms with Gasteiger partial charge in [-0.25, -0.2) is 13.1 Å². The molecule has 0 fully saturated rings. The van der Waals surface area contributed by atoms with Gasteiger partial charge in [-0.15, -0.1) is 0 Å². The van der Waals surface area contributed by atoms with E-state index in [1.165, 1.54) is 0 Å². The van der Waals surface area contributed by atoms with Gasteiger partial charge in [-0.2, -0.15) is 0 Å². The van der Waals surface area contributed by atoms with Crippen molar-refractivity contribution in [3.8, 4) is 0 Å². The van der Waals surface area contributed by atoms with Crippen LogP contribution >= 0.6 is 15.9 Å². The molecule has 1 rings (SSSR count). The second-order valence-electron chi connectivity index (χ2n) is 5.35. The fourth-order valence-corrected chi connectivity index (χ4v) is 3.95. The van der Waals surface area contributed by atoms with Crippen LogP contribution in [0.25, 0.3) is 0 Å². The highest BCUT2D eigenvalue weighted by Gasteiger charge is 2.19. The van der Waals surface area contributed by atoms with Crippen molar-refractivity contribution < 1.29 is 8.42 Å². The summed E-state index contributed by atoms with van der Waals surface area (Å²) in [5.74, 6) is 0.327. The zero-order valence-electron chi connectivity index (χ0n) is 13.2. The fraction of sp³-hybridized carbons (Fsp3) is 0.600. The summed E-state index contributed by atoms with van der Waals surface area (Å²) < 4.78 is 28.5. The van der Waals surface area contributed by atoms with Crippen LogP contribution in [0.5, 0.6) is 0 Å². The van der Waals surface area contributed by atoms with Gasteiger partial charge in [0, 0.05) is 17.6 Å². The molecule has 21 heavy (non-hydrogen) atoms. The maximum absolute atomic E-state index is 12.5. The number of sulfonamides is 1. The highest BCUT2D eigenvalue weighted by molar-refractivity contribution is 9.10. The van der Waals surface area contributed by atoms with E-state index >= 15 is 0 Å². The van der Waals surface area contributed by atoms with Crippen LogP contribution < -0.4 is 10.0 Å². The zero-order valence-corrected chi connectivity index (χ0v) is 15.6. The molecule has 0 saturated carbocycles. The Morgan fingerprint density at radius 3 is 2.52 bits per heavy atom. The zero-order chi connectivity index (χ0) is 16.0. The Bertz CT molecular complexity index is 573. The Balaban J connectivity index is 3.06. The molecule has 1 aromatic rings. The van der Waals surface area contributed by atoms with Gasteiger partial charge in [0.05, 0.1) is 4.90 Å². The molecule has 120 valence electrons. The second kappa shape index (κ2) is 8.27. The SMILES string of the molecule is CCNCc1cc(Br)c(C)c(S(=O)(=O)NCC(C)CC)c1. The monoisotopic (exact) mass is 376 g/mol. The van der Waals surface area contributed by atoms with Crippen molar-refractivity contribution in [2.24, 2.45) is 5.92 Å². The molecule has 0 aliphatic heterocycles. The molecule has 0 saturated heterocycles. The van der Waals surface area contributed by atoms with Crippen LogP contribution in [0.4, 0.5) is 0 Å². The third-order valence-corrected chi connectivity index (χ3v) is 5.92. The van der Waals surface area contributed by atoms with Crippen molar-refractivity contribution in [3.05, 3.63) is 27.7 Å². The molecule has 0 bridgehead atoms. The molecule has 0 amide bonds. The van der Waals surface area contributed by atoms with Gasteiger partial charge in [0.2, 0.25) is 10.0 Å². The highest BCUT2D eigenvalue weighted by atomic mass is 79.9. The van der Waals surface area contributed by atoms with E-state index in [2.05, 4.69) is 32.9 Å². The van der Waals surface area contributed by atoms with Crippen LogP contribution in [-0.2, 0) is 16.6 Å². The first kappa shape index (κ1) is 18.6. The Morgan fingerprint density at radius 1 is 1.29 bits per heavy atom. The van der Waals surface area contributed by atoms with Crippen LogP contribution in [0.3, 0.4) is 0 Å². The van der Waals surface area contributed by atoms with Crippen molar-refractivity contribution in [2.45, 2.75) is 45.6 Å². The molecular weight excluding hydrogens is 352 g/mol. The summed E-state index contributed by atoms with van der Waals surface area (Å²) in [4.78, 5) is 0.355. The lowest BCUT2D eigenvalue weighted by atomic mass is 10.1. The maximum atomic E-state index is 12.5. The number of rotatable bonds is 8. The molecule has 1 unspecified atom stereocenters. The van der Waals surface area contributed by atoms with E-state index in [9.17, 15) is 8.42 Å². The summed E-state index contributed by atoms with van der Waals surface area (Å²) in [6.07, 6.45) is 0.950. The third-order valence-electron chi connectivity index (χ3n) is 3.54. The van der Waals surface area contributed by atoms with E-state index in [4.69, 9.17) is 0 Å². The lowest BCUT2D eigenvalue weighted by Gasteiger charge is -2.15. The standard InChI is InChI=1S/C15H25BrN2O2S/c1-5-11(3)9-18-21(19,20)15-8-13(10-17-6-2)7-14(16)12(15)4/h7-8,11,17-18H,5-6,9-10H2,1-4H3. The lowest BCUT2D eigenvalue weighted by molar-refractivity contribution is 0.528. The average Bonchev–Trinajstić information content (AvgIpc) is 2.45. The lowest BCUT2D eigenvalue weighted by Crippen LogP contribution is -2.29. The first-order valence-electron chi connectivity index (χ1n) is 7.31. The molecule has 0 spiro atoms. The predicted octanol–water partition coefficient (Wildman–Crippen LogP) is 3.19. The van der Waals surface area contributed by atoms with E-state index in [-0.39, 0.29) is 0 Å². The molecule has 1 aromatic carbocycles.